The van der Waals surface area contributed by atoms with Crippen LogP contribution in [0.4, 0.5) is 5.82 Å². The van der Waals surface area contributed by atoms with E-state index in [9.17, 15) is 14.4 Å². The Morgan fingerprint density at radius 1 is 1.30 bits per heavy atom. The van der Waals surface area contributed by atoms with Crippen LogP contribution in [0.1, 0.15) is 19.3 Å². The van der Waals surface area contributed by atoms with Crippen LogP contribution >= 0.6 is 0 Å². The summed E-state index contributed by atoms with van der Waals surface area (Å²) in [7, 11) is 2.93. The van der Waals surface area contributed by atoms with Gasteiger partial charge in [0.1, 0.15) is 0 Å². The highest BCUT2D eigenvalue weighted by Gasteiger charge is 2.24. The maximum Gasteiger partial charge on any atom is 0.346 e. The van der Waals surface area contributed by atoms with E-state index in [1.807, 2.05) is 4.90 Å². The molecule has 1 aliphatic heterocycles. The fraction of sp³-hybridized carbons (Fsp3) is 0.667. The Balaban J connectivity index is 2.17. The Labute approximate surface area is 115 Å². The van der Waals surface area contributed by atoms with Crippen molar-refractivity contribution in [3.63, 3.8) is 0 Å². The number of aromatic nitrogens is 3. The summed E-state index contributed by atoms with van der Waals surface area (Å²) in [6, 6.07) is 0. The SMILES string of the molecule is Cn1nc(N2CCC(CC(=O)O)CC2)c(=O)n(C)c1=O. The first-order valence-electron chi connectivity index (χ1n) is 6.51. The number of carboxylic acid groups (broad SMARTS) is 1. The van der Waals surface area contributed by atoms with Crippen LogP contribution in [0.2, 0.25) is 0 Å². The van der Waals surface area contributed by atoms with Gasteiger partial charge >= 0.3 is 11.7 Å². The molecule has 8 nitrogen and oxygen atoms in total. The van der Waals surface area contributed by atoms with E-state index in [0.29, 0.717) is 25.9 Å². The second kappa shape index (κ2) is 5.48. The summed E-state index contributed by atoms with van der Waals surface area (Å²) in [5.41, 5.74) is -0.871. The lowest BCUT2D eigenvalue weighted by molar-refractivity contribution is -0.138. The average molecular weight is 282 g/mol. The molecule has 1 aromatic heterocycles. The van der Waals surface area contributed by atoms with Crippen LogP contribution in [0, 0.1) is 5.92 Å². The molecule has 0 radical (unpaired) electrons. The number of carboxylic acids is 1. The minimum absolute atomic E-state index is 0.139. The van der Waals surface area contributed by atoms with Crippen molar-refractivity contribution in [1.29, 1.82) is 0 Å². The molecule has 0 atom stereocenters. The van der Waals surface area contributed by atoms with Gasteiger partial charge in [-0.25, -0.2) is 9.48 Å². The molecule has 0 aromatic carbocycles. The molecule has 1 N–H and O–H groups in total. The van der Waals surface area contributed by atoms with Crippen molar-refractivity contribution in [1.82, 2.24) is 14.3 Å². The van der Waals surface area contributed by atoms with E-state index >= 15 is 0 Å². The third-order valence-electron chi connectivity index (χ3n) is 3.68. The summed E-state index contributed by atoms with van der Waals surface area (Å²) < 4.78 is 2.17. The minimum atomic E-state index is -0.792. The Bertz CT molecular complexity index is 625. The first-order valence-corrected chi connectivity index (χ1v) is 6.51. The van der Waals surface area contributed by atoms with E-state index in [1.54, 1.807) is 0 Å². The lowest BCUT2D eigenvalue weighted by Crippen LogP contribution is -2.45. The molecule has 1 aliphatic rings. The quantitative estimate of drug-likeness (QED) is 0.777. The molecule has 2 rings (SSSR count). The predicted octanol–water partition coefficient (Wildman–Crippen LogP) is -0.830. The summed E-state index contributed by atoms with van der Waals surface area (Å²) in [6.45, 7) is 1.16. The van der Waals surface area contributed by atoms with Gasteiger partial charge < -0.3 is 10.0 Å². The summed E-state index contributed by atoms with van der Waals surface area (Å²) >= 11 is 0. The van der Waals surface area contributed by atoms with E-state index < -0.39 is 17.2 Å². The number of anilines is 1. The smallest absolute Gasteiger partial charge is 0.346 e. The molecule has 1 fully saturated rings. The highest BCUT2D eigenvalue weighted by atomic mass is 16.4. The largest absolute Gasteiger partial charge is 0.481 e. The van der Waals surface area contributed by atoms with Crippen LogP contribution in [-0.4, -0.2) is 38.5 Å². The van der Waals surface area contributed by atoms with Gasteiger partial charge in [-0.2, -0.15) is 0 Å². The van der Waals surface area contributed by atoms with Gasteiger partial charge in [-0.15, -0.1) is 5.10 Å². The molecule has 20 heavy (non-hydrogen) atoms. The number of rotatable bonds is 3. The highest BCUT2D eigenvalue weighted by molar-refractivity contribution is 5.67. The summed E-state index contributed by atoms with van der Waals surface area (Å²) in [6.07, 6.45) is 1.58. The number of aliphatic carboxylic acids is 1. The predicted molar refractivity (Wildman–Crippen MR) is 71.9 cm³/mol. The van der Waals surface area contributed by atoms with Gasteiger partial charge in [-0.1, -0.05) is 0 Å². The highest BCUT2D eigenvalue weighted by Crippen LogP contribution is 2.22. The molecule has 8 heteroatoms. The van der Waals surface area contributed by atoms with E-state index in [-0.39, 0.29) is 18.2 Å². The Hall–Kier alpha value is -2.12. The van der Waals surface area contributed by atoms with Gasteiger partial charge in [-0.05, 0) is 18.8 Å². The first kappa shape index (κ1) is 14.3. The van der Waals surface area contributed by atoms with Gasteiger partial charge in [0.15, 0.2) is 0 Å². The first-order chi connectivity index (χ1) is 9.40. The Morgan fingerprint density at radius 3 is 2.45 bits per heavy atom. The summed E-state index contributed by atoms with van der Waals surface area (Å²) in [5.74, 6) is -0.400. The molecule has 110 valence electrons. The zero-order valence-electron chi connectivity index (χ0n) is 11.6. The van der Waals surface area contributed by atoms with E-state index in [2.05, 4.69) is 5.10 Å². The topological polar surface area (TPSA) is 97.4 Å². The zero-order valence-corrected chi connectivity index (χ0v) is 11.6. The fourth-order valence-electron chi connectivity index (χ4n) is 2.48. The Morgan fingerprint density at radius 2 is 1.90 bits per heavy atom. The van der Waals surface area contributed by atoms with Crippen molar-refractivity contribution in [2.45, 2.75) is 19.3 Å². The summed E-state index contributed by atoms with van der Waals surface area (Å²) in [4.78, 5) is 36.1. The van der Waals surface area contributed by atoms with Gasteiger partial charge in [0.25, 0.3) is 5.56 Å². The second-order valence-corrected chi connectivity index (χ2v) is 5.12. The van der Waals surface area contributed by atoms with E-state index in [0.717, 1.165) is 9.25 Å². The maximum absolute atomic E-state index is 12.1. The third-order valence-corrected chi connectivity index (χ3v) is 3.68. The molecule has 0 unspecified atom stereocenters. The van der Waals surface area contributed by atoms with E-state index in [1.165, 1.54) is 14.1 Å². The summed E-state index contributed by atoms with van der Waals surface area (Å²) in [5, 5.41) is 12.8. The fourth-order valence-corrected chi connectivity index (χ4v) is 2.48. The third kappa shape index (κ3) is 2.73. The molecule has 0 aliphatic carbocycles. The molecular weight excluding hydrogens is 264 g/mol. The van der Waals surface area contributed by atoms with Crippen molar-refractivity contribution in [2.75, 3.05) is 18.0 Å². The number of hydrogen-bond donors (Lipinski definition) is 1. The molecule has 0 saturated carbocycles. The van der Waals surface area contributed by atoms with Crippen molar-refractivity contribution >= 4 is 11.8 Å². The zero-order chi connectivity index (χ0) is 14.9. The number of piperidine rings is 1. The molecular formula is C12H18N4O4. The number of hydrogen-bond acceptors (Lipinski definition) is 5. The lowest BCUT2D eigenvalue weighted by Gasteiger charge is -2.31. The van der Waals surface area contributed by atoms with Gasteiger partial charge in [-0.3, -0.25) is 14.2 Å². The molecule has 1 saturated heterocycles. The minimum Gasteiger partial charge on any atom is -0.481 e. The van der Waals surface area contributed by atoms with Crippen molar-refractivity contribution in [3.8, 4) is 0 Å². The van der Waals surface area contributed by atoms with Gasteiger partial charge in [0, 0.05) is 33.6 Å². The van der Waals surface area contributed by atoms with Crippen LogP contribution in [-0.2, 0) is 18.9 Å². The Kier molecular flexibility index (Phi) is 3.91. The van der Waals surface area contributed by atoms with Crippen molar-refractivity contribution < 1.29 is 9.90 Å². The van der Waals surface area contributed by atoms with Crippen LogP contribution < -0.4 is 16.1 Å². The normalized spacial score (nSPS) is 16.4. The lowest BCUT2D eigenvalue weighted by atomic mass is 9.94. The van der Waals surface area contributed by atoms with Gasteiger partial charge in [0.2, 0.25) is 5.82 Å². The standard InChI is InChI=1S/C12H18N4O4/c1-14-11(19)10(13-15(2)12(14)20)16-5-3-8(4-6-16)7-9(17)18/h8H,3-7H2,1-2H3,(H,17,18). The number of aryl methyl sites for hydroxylation is 1. The maximum atomic E-state index is 12.1. The van der Waals surface area contributed by atoms with E-state index in [4.69, 9.17) is 5.11 Å². The molecule has 0 amide bonds. The number of nitrogens with zero attached hydrogens (tertiary/aromatic N) is 4. The molecule has 2 heterocycles. The average Bonchev–Trinajstić information content (AvgIpc) is 2.41. The van der Waals surface area contributed by atoms with Crippen molar-refractivity contribution in [2.24, 2.45) is 20.0 Å². The van der Waals surface area contributed by atoms with Gasteiger partial charge in [0.05, 0.1) is 0 Å². The second-order valence-electron chi connectivity index (χ2n) is 5.12. The molecule has 0 bridgehead atoms. The number of carbonyl (C=O) groups is 1. The molecule has 1 aromatic rings. The van der Waals surface area contributed by atoms with Crippen LogP contribution in [0.25, 0.3) is 0 Å². The van der Waals surface area contributed by atoms with Crippen LogP contribution in [0.5, 0.6) is 0 Å². The van der Waals surface area contributed by atoms with Crippen LogP contribution in [0.15, 0.2) is 9.59 Å². The van der Waals surface area contributed by atoms with Crippen LogP contribution in [0.3, 0.4) is 0 Å². The molecule has 0 spiro atoms. The van der Waals surface area contributed by atoms with Crippen molar-refractivity contribution in [3.05, 3.63) is 20.8 Å². The monoisotopic (exact) mass is 282 g/mol.